The maximum atomic E-state index is 12.6. The maximum Gasteiger partial charge on any atom is 0.255 e. The number of nitrogens with one attached hydrogen (secondary N) is 2. The molecule has 0 bridgehead atoms. The molecule has 0 saturated heterocycles. The van der Waals surface area contributed by atoms with Crippen LogP contribution in [0.25, 0.3) is 10.9 Å². The first-order valence-corrected chi connectivity index (χ1v) is 9.09. The molecule has 140 valence electrons. The minimum absolute atomic E-state index is 0.0917. The number of aromatic nitrogens is 1. The average Bonchev–Trinajstić information content (AvgIpc) is 3.03. The molecule has 0 saturated carbocycles. The average molecular weight is 363 g/mol. The smallest absolute Gasteiger partial charge is 0.255 e. The van der Waals surface area contributed by atoms with E-state index < -0.39 is 5.41 Å². The van der Waals surface area contributed by atoms with Gasteiger partial charge in [-0.2, -0.15) is 0 Å². The van der Waals surface area contributed by atoms with Gasteiger partial charge in [-0.15, -0.1) is 0 Å². The first-order valence-electron chi connectivity index (χ1n) is 9.09. The van der Waals surface area contributed by atoms with Crippen molar-refractivity contribution in [2.45, 2.75) is 34.2 Å². The number of carbonyl (C=O) groups excluding carboxylic acids is 2. The van der Waals surface area contributed by atoms with E-state index in [1.165, 1.54) is 0 Å². The number of hydrogen-bond donors (Lipinski definition) is 2. The zero-order chi connectivity index (χ0) is 19.6. The van der Waals surface area contributed by atoms with Gasteiger partial charge in [0.1, 0.15) is 0 Å². The predicted octanol–water partition coefficient (Wildman–Crippen LogP) is 4.90. The number of amides is 2. The largest absolute Gasteiger partial charge is 0.348 e. The third-order valence-corrected chi connectivity index (χ3v) is 4.43. The molecule has 0 radical (unpaired) electrons. The van der Waals surface area contributed by atoms with Gasteiger partial charge >= 0.3 is 0 Å². The second kappa shape index (κ2) is 7.27. The van der Waals surface area contributed by atoms with Crippen LogP contribution in [0.15, 0.2) is 54.7 Å². The second-order valence-electron chi connectivity index (χ2n) is 7.61. The van der Waals surface area contributed by atoms with E-state index in [9.17, 15) is 9.59 Å². The Labute approximate surface area is 159 Å². The van der Waals surface area contributed by atoms with Crippen LogP contribution in [0, 0.1) is 5.41 Å². The van der Waals surface area contributed by atoms with Crippen molar-refractivity contribution in [1.82, 2.24) is 4.57 Å². The van der Waals surface area contributed by atoms with Crippen LogP contribution in [0.5, 0.6) is 0 Å². The predicted molar refractivity (Wildman–Crippen MR) is 110 cm³/mol. The van der Waals surface area contributed by atoms with E-state index in [0.717, 1.165) is 23.1 Å². The summed E-state index contributed by atoms with van der Waals surface area (Å²) < 4.78 is 2.16. The molecule has 27 heavy (non-hydrogen) atoms. The van der Waals surface area contributed by atoms with Crippen LogP contribution < -0.4 is 10.6 Å². The van der Waals surface area contributed by atoms with Crippen LogP contribution in [0.1, 0.15) is 38.1 Å². The minimum Gasteiger partial charge on any atom is -0.348 e. The summed E-state index contributed by atoms with van der Waals surface area (Å²) in [5.74, 6) is -0.304. The van der Waals surface area contributed by atoms with Crippen molar-refractivity contribution >= 4 is 34.1 Å². The SMILES string of the molecule is CCn1ccc2cc(NC(=O)c3cccc(NC(=O)C(C)(C)C)c3)ccc21. The molecule has 0 aliphatic heterocycles. The molecular formula is C22H25N3O2. The molecule has 3 aromatic rings. The van der Waals surface area contributed by atoms with Crippen LogP contribution in [-0.4, -0.2) is 16.4 Å². The van der Waals surface area contributed by atoms with Crippen molar-refractivity contribution in [3.05, 3.63) is 60.3 Å². The first kappa shape index (κ1) is 18.7. The molecule has 0 spiro atoms. The van der Waals surface area contributed by atoms with Gasteiger partial charge in [-0.1, -0.05) is 26.8 Å². The van der Waals surface area contributed by atoms with Crippen molar-refractivity contribution in [2.24, 2.45) is 5.41 Å². The number of anilines is 2. The van der Waals surface area contributed by atoms with E-state index in [-0.39, 0.29) is 11.8 Å². The number of carbonyl (C=O) groups is 2. The molecule has 1 aromatic heterocycles. The highest BCUT2D eigenvalue weighted by Gasteiger charge is 2.21. The second-order valence-corrected chi connectivity index (χ2v) is 7.61. The van der Waals surface area contributed by atoms with Crippen molar-refractivity contribution in [2.75, 3.05) is 10.6 Å². The summed E-state index contributed by atoms with van der Waals surface area (Å²) in [5, 5.41) is 6.86. The van der Waals surface area contributed by atoms with Crippen LogP contribution in [-0.2, 0) is 11.3 Å². The standard InChI is InChI=1S/C22H25N3O2/c1-5-25-12-11-15-13-18(9-10-19(15)25)23-20(26)16-7-6-8-17(14-16)24-21(27)22(2,3)4/h6-14H,5H2,1-4H3,(H,23,26)(H,24,27). The normalized spacial score (nSPS) is 11.4. The lowest BCUT2D eigenvalue weighted by Gasteiger charge is -2.18. The fourth-order valence-corrected chi connectivity index (χ4v) is 2.81. The molecule has 0 aliphatic rings. The Bertz CT molecular complexity index is 996. The summed E-state index contributed by atoms with van der Waals surface area (Å²) in [5.41, 5.74) is 2.49. The van der Waals surface area contributed by atoms with Crippen molar-refractivity contribution < 1.29 is 9.59 Å². The Kier molecular flexibility index (Phi) is 5.04. The number of nitrogens with zero attached hydrogens (tertiary/aromatic N) is 1. The number of fused-ring (bicyclic) bond motifs is 1. The van der Waals surface area contributed by atoms with Gasteiger partial charge in [-0.05, 0) is 49.4 Å². The highest BCUT2D eigenvalue weighted by molar-refractivity contribution is 6.06. The van der Waals surface area contributed by atoms with E-state index in [0.29, 0.717) is 11.3 Å². The van der Waals surface area contributed by atoms with Gasteiger partial charge in [-0.3, -0.25) is 9.59 Å². The van der Waals surface area contributed by atoms with E-state index in [1.807, 2.05) is 51.2 Å². The molecule has 3 rings (SSSR count). The minimum atomic E-state index is -0.497. The van der Waals surface area contributed by atoms with Crippen molar-refractivity contribution in [3.63, 3.8) is 0 Å². The fraction of sp³-hybridized carbons (Fsp3) is 0.273. The first-order chi connectivity index (χ1) is 12.8. The molecule has 2 aromatic carbocycles. The van der Waals surface area contributed by atoms with Gasteiger partial charge in [0.2, 0.25) is 5.91 Å². The quantitative estimate of drug-likeness (QED) is 0.693. The van der Waals surface area contributed by atoms with E-state index in [4.69, 9.17) is 0 Å². The number of aryl methyl sites for hydroxylation is 1. The molecule has 1 heterocycles. The Morgan fingerprint density at radius 3 is 2.41 bits per heavy atom. The lowest BCUT2D eigenvalue weighted by Crippen LogP contribution is -2.27. The highest BCUT2D eigenvalue weighted by atomic mass is 16.2. The number of rotatable bonds is 4. The molecule has 2 N–H and O–H groups in total. The Morgan fingerprint density at radius 2 is 1.70 bits per heavy atom. The summed E-state index contributed by atoms with van der Waals surface area (Å²) in [6.45, 7) is 8.55. The third-order valence-electron chi connectivity index (χ3n) is 4.43. The molecule has 5 heteroatoms. The van der Waals surface area contributed by atoms with Crippen LogP contribution in [0.4, 0.5) is 11.4 Å². The van der Waals surface area contributed by atoms with Crippen LogP contribution in [0.2, 0.25) is 0 Å². The lowest BCUT2D eigenvalue weighted by molar-refractivity contribution is -0.123. The van der Waals surface area contributed by atoms with Crippen molar-refractivity contribution in [3.8, 4) is 0 Å². The summed E-state index contributed by atoms with van der Waals surface area (Å²) in [6.07, 6.45) is 2.04. The van der Waals surface area contributed by atoms with Gasteiger partial charge in [0.25, 0.3) is 5.91 Å². The molecule has 2 amide bonds. The maximum absolute atomic E-state index is 12.6. The van der Waals surface area contributed by atoms with Crippen molar-refractivity contribution in [1.29, 1.82) is 0 Å². The third kappa shape index (κ3) is 4.19. The van der Waals surface area contributed by atoms with E-state index in [2.05, 4.69) is 22.1 Å². The Morgan fingerprint density at radius 1 is 0.963 bits per heavy atom. The molecule has 0 atom stereocenters. The van der Waals surface area contributed by atoms with E-state index >= 15 is 0 Å². The van der Waals surface area contributed by atoms with Gasteiger partial charge in [0.05, 0.1) is 0 Å². The molecule has 0 unspecified atom stereocenters. The van der Waals surface area contributed by atoms with Gasteiger partial charge in [-0.25, -0.2) is 0 Å². The monoisotopic (exact) mass is 363 g/mol. The summed E-state index contributed by atoms with van der Waals surface area (Å²) in [4.78, 5) is 24.8. The Balaban J connectivity index is 1.76. The molecule has 5 nitrogen and oxygen atoms in total. The highest BCUT2D eigenvalue weighted by Crippen LogP contribution is 2.22. The zero-order valence-corrected chi connectivity index (χ0v) is 16.2. The number of benzene rings is 2. The van der Waals surface area contributed by atoms with E-state index in [1.54, 1.807) is 24.3 Å². The number of hydrogen-bond acceptors (Lipinski definition) is 2. The van der Waals surface area contributed by atoms with Crippen LogP contribution in [0.3, 0.4) is 0 Å². The topological polar surface area (TPSA) is 63.1 Å². The molecular weight excluding hydrogens is 338 g/mol. The summed E-state index contributed by atoms with van der Waals surface area (Å²) >= 11 is 0. The fourth-order valence-electron chi connectivity index (χ4n) is 2.81. The van der Waals surface area contributed by atoms with Crippen LogP contribution >= 0.6 is 0 Å². The zero-order valence-electron chi connectivity index (χ0n) is 16.2. The van der Waals surface area contributed by atoms with Gasteiger partial charge in [0, 0.05) is 46.0 Å². The Hall–Kier alpha value is -3.08. The molecule has 0 aliphatic carbocycles. The van der Waals surface area contributed by atoms with Gasteiger partial charge < -0.3 is 15.2 Å². The molecule has 0 fully saturated rings. The summed E-state index contributed by atoms with van der Waals surface area (Å²) in [7, 11) is 0. The lowest BCUT2D eigenvalue weighted by atomic mass is 9.95. The summed E-state index contributed by atoms with van der Waals surface area (Å²) in [6, 6.07) is 14.9. The van der Waals surface area contributed by atoms with Gasteiger partial charge in [0.15, 0.2) is 0 Å².